The van der Waals surface area contributed by atoms with Crippen LogP contribution in [0.1, 0.15) is 56.6 Å². The maximum absolute atomic E-state index is 14.2. The van der Waals surface area contributed by atoms with Gasteiger partial charge in [0.15, 0.2) is 5.96 Å². The maximum atomic E-state index is 14.2. The number of nitrogens with two attached hydrogens (primary N) is 4. The van der Waals surface area contributed by atoms with Crippen LogP contribution < -0.4 is 44.2 Å². The summed E-state index contributed by atoms with van der Waals surface area (Å²) in [5.41, 5.74) is 25.0. The summed E-state index contributed by atoms with van der Waals surface area (Å²) in [4.78, 5) is 60.8. The third kappa shape index (κ3) is 15.1. The number of nitrogens with zero attached hydrogens (tertiary/aromatic N) is 1. The van der Waals surface area contributed by atoms with Crippen molar-refractivity contribution < 1.29 is 19.2 Å². The first-order chi connectivity index (χ1) is 25.5. The summed E-state index contributed by atoms with van der Waals surface area (Å²) in [5.74, 6) is -1.28. The highest BCUT2D eigenvalue weighted by molar-refractivity contribution is 7.98. The fourth-order valence-corrected chi connectivity index (χ4v) is 6.50. The Balaban J connectivity index is 1.80. The first-order valence-corrected chi connectivity index (χ1v) is 19.7. The molecule has 4 amide bonds. The molecule has 3 aromatic rings. The van der Waals surface area contributed by atoms with Gasteiger partial charge in [-0.2, -0.15) is 11.8 Å². The lowest BCUT2D eigenvalue weighted by atomic mass is 10.0. The molecule has 5 atom stereocenters. The predicted molar refractivity (Wildman–Crippen MR) is 214 cm³/mol. The van der Waals surface area contributed by atoms with Crippen LogP contribution in [-0.2, 0) is 32.0 Å². The minimum atomic E-state index is -0.953. The summed E-state index contributed by atoms with van der Waals surface area (Å²) in [7, 11) is 0. The van der Waals surface area contributed by atoms with E-state index in [2.05, 4.69) is 31.2 Å². The summed E-state index contributed by atoms with van der Waals surface area (Å²) in [6.07, 6.45) is 8.20. The van der Waals surface area contributed by atoms with Crippen molar-refractivity contribution in [1.82, 2.24) is 26.3 Å². The fourth-order valence-electron chi connectivity index (χ4n) is 6.02. The Morgan fingerprint density at radius 3 is 2.19 bits per heavy atom. The number of carbonyl (C=O) groups is 4. The Bertz CT molecular complexity index is 1610. The number of nitrogens with one attached hydrogen (secondary N) is 5. The van der Waals surface area contributed by atoms with Crippen molar-refractivity contribution in [1.29, 1.82) is 0 Å². The molecule has 0 aliphatic heterocycles. The predicted octanol–water partition coefficient (Wildman–Crippen LogP) is 1.42. The van der Waals surface area contributed by atoms with Gasteiger partial charge in [-0.3, -0.25) is 24.2 Å². The first kappa shape index (κ1) is 42.8. The van der Waals surface area contributed by atoms with Crippen LogP contribution in [0.25, 0.3) is 10.9 Å². The van der Waals surface area contributed by atoms with Gasteiger partial charge in [-0.1, -0.05) is 61.9 Å². The first-order valence-electron chi connectivity index (χ1n) is 18.3. The van der Waals surface area contributed by atoms with E-state index in [-0.39, 0.29) is 36.2 Å². The standard InChI is InChI=1S/C38H58N10O4S/c1-25(11-10-19-43-38(41)42)35(50)46-28(14-8-9-18-39)24-45-33(22-27-23-44-30-16-7-6-15-29(27)30)37(52)47-31(17-20-53-2)36(51)48-32(34(40)49)21-26-12-4-3-5-13-26/h3-7,12-13,15-16,23,25,28,31-33,44-45H,8-11,14,17-22,24,39H2,1-2H3,(H2,40,49)(H,46,50)(H,47,52)(H,48,51)(H4,41,42,43)/t25-,28-,31-,32-,33-/m0/s1. The Morgan fingerprint density at radius 2 is 1.49 bits per heavy atom. The second kappa shape index (κ2) is 23.1. The number of aliphatic imine (C=N–C) groups is 1. The Labute approximate surface area is 316 Å². The number of carbonyl (C=O) groups excluding carboxylic acids is 4. The highest BCUT2D eigenvalue weighted by Gasteiger charge is 2.29. The van der Waals surface area contributed by atoms with Crippen LogP contribution in [0, 0.1) is 5.92 Å². The molecule has 0 aliphatic carbocycles. The third-order valence-electron chi connectivity index (χ3n) is 9.10. The molecule has 13 N–H and O–H groups in total. The highest BCUT2D eigenvalue weighted by atomic mass is 32.2. The van der Waals surface area contributed by atoms with E-state index in [1.54, 1.807) is 11.8 Å². The zero-order chi connectivity index (χ0) is 38.6. The van der Waals surface area contributed by atoms with E-state index in [1.807, 2.05) is 74.0 Å². The monoisotopic (exact) mass is 750 g/mol. The van der Waals surface area contributed by atoms with Crippen LogP contribution in [-0.4, -0.2) is 90.4 Å². The molecule has 2 aromatic carbocycles. The average Bonchev–Trinajstić information content (AvgIpc) is 3.55. The van der Waals surface area contributed by atoms with Gasteiger partial charge in [0, 0.05) is 48.6 Å². The number of fused-ring (bicyclic) bond motifs is 1. The van der Waals surface area contributed by atoms with Crippen LogP contribution in [0.2, 0.25) is 0 Å². The number of amides is 4. The Kier molecular flexibility index (Phi) is 18.7. The number of primary amides is 1. The molecule has 0 saturated heterocycles. The SMILES string of the molecule is CSCC[C@H](NC(=O)[C@H](Cc1c[nH]c2ccccc12)NC[C@H](CCCCN)NC(=O)[C@@H](C)CCCN=C(N)N)C(=O)N[C@@H](Cc1ccccc1)C(N)=O. The van der Waals surface area contributed by atoms with Crippen LogP contribution in [0.4, 0.5) is 0 Å². The molecule has 0 bridgehead atoms. The molecule has 0 aliphatic rings. The number of thioether (sulfide) groups is 1. The Morgan fingerprint density at radius 1 is 0.792 bits per heavy atom. The molecule has 15 heteroatoms. The van der Waals surface area contributed by atoms with E-state index < -0.39 is 29.9 Å². The van der Waals surface area contributed by atoms with E-state index in [0.29, 0.717) is 57.5 Å². The van der Waals surface area contributed by atoms with E-state index in [9.17, 15) is 19.2 Å². The number of H-pyrrole nitrogens is 1. The van der Waals surface area contributed by atoms with Crippen LogP contribution >= 0.6 is 11.8 Å². The van der Waals surface area contributed by atoms with E-state index >= 15 is 0 Å². The molecule has 290 valence electrons. The number of hydrogen-bond donors (Lipinski definition) is 9. The molecule has 53 heavy (non-hydrogen) atoms. The third-order valence-corrected chi connectivity index (χ3v) is 9.75. The van der Waals surface area contributed by atoms with Crippen molar-refractivity contribution in [3.8, 4) is 0 Å². The number of unbranched alkanes of at least 4 members (excludes halogenated alkanes) is 1. The van der Waals surface area contributed by atoms with Gasteiger partial charge in [0.25, 0.3) is 0 Å². The number of hydrogen-bond acceptors (Lipinski definition) is 8. The van der Waals surface area contributed by atoms with Gasteiger partial charge in [-0.25, -0.2) is 0 Å². The second-order valence-corrected chi connectivity index (χ2v) is 14.3. The highest BCUT2D eigenvalue weighted by Crippen LogP contribution is 2.20. The smallest absolute Gasteiger partial charge is 0.243 e. The van der Waals surface area contributed by atoms with Gasteiger partial charge in [0.2, 0.25) is 23.6 Å². The molecule has 0 unspecified atom stereocenters. The second-order valence-electron chi connectivity index (χ2n) is 13.4. The summed E-state index contributed by atoms with van der Waals surface area (Å²) >= 11 is 1.55. The molecule has 0 fully saturated rings. The van der Waals surface area contributed by atoms with Gasteiger partial charge in [0.1, 0.15) is 12.1 Å². The van der Waals surface area contributed by atoms with Crippen LogP contribution in [0.3, 0.4) is 0 Å². The molecule has 3 rings (SSSR count). The van der Waals surface area contributed by atoms with E-state index in [4.69, 9.17) is 22.9 Å². The maximum Gasteiger partial charge on any atom is 0.243 e. The van der Waals surface area contributed by atoms with E-state index in [0.717, 1.165) is 34.9 Å². The van der Waals surface area contributed by atoms with Gasteiger partial charge < -0.3 is 49.2 Å². The quantitative estimate of drug-likeness (QED) is 0.0345. The molecule has 1 heterocycles. The molecule has 0 saturated carbocycles. The minimum absolute atomic E-state index is 0.0218. The van der Waals surface area contributed by atoms with Crippen LogP contribution in [0.15, 0.2) is 65.8 Å². The van der Waals surface area contributed by atoms with Crippen molar-refractivity contribution in [3.63, 3.8) is 0 Å². The number of guanidine groups is 1. The molecule has 0 spiro atoms. The van der Waals surface area contributed by atoms with Crippen molar-refractivity contribution in [2.45, 2.75) is 82.5 Å². The van der Waals surface area contributed by atoms with Crippen molar-refractivity contribution in [2.75, 3.05) is 31.6 Å². The van der Waals surface area contributed by atoms with Gasteiger partial charge in [-0.05, 0) is 74.3 Å². The number of rotatable bonds is 25. The lowest BCUT2D eigenvalue weighted by Gasteiger charge is -2.27. The topological polar surface area (TPSA) is 249 Å². The van der Waals surface area contributed by atoms with Gasteiger partial charge >= 0.3 is 0 Å². The lowest BCUT2D eigenvalue weighted by Crippen LogP contribution is -2.57. The number of para-hydroxylation sites is 1. The van der Waals surface area contributed by atoms with E-state index in [1.165, 1.54) is 0 Å². The summed E-state index contributed by atoms with van der Waals surface area (Å²) in [5, 5.41) is 13.3. The van der Waals surface area contributed by atoms with Crippen molar-refractivity contribution >= 4 is 52.3 Å². The molecule has 14 nitrogen and oxygen atoms in total. The fraction of sp³-hybridized carbons (Fsp3) is 0.500. The summed E-state index contributed by atoms with van der Waals surface area (Å²) in [6, 6.07) is 14.2. The average molecular weight is 751 g/mol. The zero-order valence-electron chi connectivity index (χ0n) is 30.9. The molecular formula is C38H58N10O4S. The number of aromatic nitrogens is 1. The van der Waals surface area contributed by atoms with Crippen molar-refractivity contribution in [2.24, 2.45) is 33.8 Å². The minimum Gasteiger partial charge on any atom is -0.370 e. The van der Waals surface area contributed by atoms with Gasteiger partial charge in [0.05, 0.1) is 6.04 Å². The molecular weight excluding hydrogens is 693 g/mol. The number of aromatic amines is 1. The zero-order valence-corrected chi connectivity index (χ0v) is 31.8. The van der Waals surface area contributed by atoms with Crippen molar-refractivity contribution in [3.05, 3.63) is 71.9 Å². The largest absolute Gasteiger partial charge is 0.370 e. The van der Waals surface area contributed by atoms with Crippen LogP contribution in [0.5, 0.6) is 0 Å². The molecule has 1 aromatic heterocycles. The number of benzene rings is 2. The Hall–Kier alpha value is -4.60. The normalized spacial score (nSPS) is 14.0. The lowest BCUT2D eigenvalue weighted by molar-refractivity contribution is -0.132. The molecule has 0 radical (unpaired) electrons. The summed E-state index contributed by atoms with van der Waals surface area (Å²) in [6.45, 7) is 3.14. The summed E-state index contributed by atoms with van der Waals surface area (Å²) < 4.78 is 0. The van der Waals surface area contributed by atoms with Gasteiger partial charge in [-0.15, -0.1) is 0 Å².